The number of rotatable bonds is 1. The van der Waals surface area contributed by atoms with Crippen LogP contribution in [0.3, 0.4) is 0 Å². The van der Waals surface area contributed by atoms with Gasteiger partial charge in [-0.05, 0) is 40.4 Å². The van der Waals surface area contributed by atoms with Crippen molar-refractivity contribution < 1.29 is 13.0 Å². The van der Waals surface area contributed by atoms with E-state index in [1.54, 1.807) is 0 Å². The van der Waals surface area contributed by atoms with E-state index in [2.05, 4.69) is 0 Å². The zero-order valence-electron chi connectivity index (χ0n) is 14.4. The first-order chi connectivity index (χ1) is 13.5. The quantitative estimate of drug-likeness (QED) is 0.324. The lowest BCUT2D eigenvalue weighted by atomic mass is 10.0. The first-order valence-electron chi connectivity index (χ1n) is 8.75. The lowest BCUT2D eigenvalue weighted by Crippen LogP contribution is -1.98. The number of aromatic nitrogens is 2. The van der Waals surface area contributed by atoms with Crippen molar-refractivity contribution in [2.45, 2.75) is 4.90 Å². The SMILES string of the molecule is O=S(=O)(O)c1cc2c3c(cccc3c1)-c1nc3cc4ccccc4cc3nc1-2. The van der Waals surface area contributed by atoms with E-state index in [9.17, 15) is 13.0 Å². The molecule has 0 amide bonds. The molecule has 1 N–H and O–H groups in total. The average Bonchev–Trinajstić information content (AvgIpc) is 2.98. The van der Waals surface area contributed by atoms with E-state index in [0.717, 1.165) is 43.8 Å². The van der Waals surface area contributed by atoms with Crippen molar-refractivity contribution in [2.24, 2.45) is 0 Å². The number of fused-ring (bicyclic) bond motifs is 5. The van der Waals surface area contributed by atoms with E-state index in [1.807, 2.05) is 54.6 Å². The molecular formula is C22H12N2O3S. The molecule has 6 rings (SSSR count). The van der Waals surface area contributed by atoms with Crippen molar-refractivity contribution in [2.75, 3.05) is 0 Å². The molecule has 0 unspecified atom stereocenters. The minimum Gasteiger partial charge on any atom is -0.282 e. The van der Waals surface area contributed by atoms with Gasteiger partial charge in [0, 0.05) is 16.5 Å². The van der Waals surface area contributed by atoms with Crippen LogP contribution in [-0.4, -0.2) is 22.9 Å². The van der Waals surface area contributed by atoms with Gasteiger partial charge in [-0.15, -0.1) is 0 Å². The van der Waals surface area contributed by atoms with Gasteiger partial charge in [0.15, 0.2) is 0 Å². The van der Waals surface area contributed by atoms with E-state index in [-0.39, 0.29) is 4.90 Å². The summed E-state index contributed by atoms with van der Waals surface area (Å²) < 4.78 is 33.1. The van der Waals surface area contributed by atoms with Gasteiger partial charge >= 0.3 is 0 Å². The Morgan fingerprint density at radius 3 is 1.93 bits per heavy atom. The Bertz CT molecular complexity index is 1590. The summed E-state index contributed by atoms with van der Waals surface area (Å²) in [6.45, 7) is 0. The molecule has 28 heavy (non-hydrogen) atoms. The summed E-state index contributed by atoms with van der Waals surface area (Å²) in [6, 6.07) is 20.7. The monoisotopic (exact) mass is 384 g/mol. The number of hydrogen-bond acceptors (Lipinski definition) is 4. The Kier molecular flexibility index (Phi) is 2.87. The van der Waals surface area contributed by atoms with Crippen LogP contribution in [0.25, 0.3) is 55.1 Å². The highest BCUT2D eigenvalue weighted by Crippen LogP contribution is 2.46. The van der Waals surface area contributed by atoms with Gasteiger partial charge in [0.1, 0.15) is 0 Å². The molecule has 0 radical (unpaired) electrons. The van der Waals surface area contributed by atoms with Gasteiger partial charge in [-0.25, -0.2) is 9.97 Å². The fraction of sp³-hybridized carbons (Fsp3) is 0. The van der Waals surface area contributed by atoms with Gasteiger partial charge in [0.2, 0.25) is 0 Å². The molecule has 0 saturated heterocycles. The van der Waals surface area contributed by atoms with Crippen molar-refractivity contribution in [3.05, 3.63) is 66.7 Å². The van der Waals surface area contributed by atoms with Crippen molar-refractivity contribution in [3.63, 3.8) is 0 Å². The van der Waals surface area contributed by atoms with Crippen LogP contribution in [0.5, 0.6) is 0 Å². The average molecular weight is 384 g/mol. The Hall–Kier alpha value is -3.35. The predicted octanol–water partition coefficient (Wildman–Crippen LogP) is 4.83. The first kappa shape index (κ1) is 15.7. The number of nitrogens with zero attached hydrogens (tertiary/aromatic N) is 2. The predicted molar refractivity (Wildman–Crippen MR) is 109 cm³/mol. The maximum atomic E-state index is 11.8. The van der Waals surface area contributed by atoms with E-state index < -0.39 is 10.1 Å². The molecule has 0 atom stereocenters. The molecule has 4 aromatic carbocycles. The smallest absolute Gasteiger partial charge is 0.282 e. The van der Waals surface area contributed by atoms with Crippen molar-refractivity contribution in [1.29, 1.82) is 0 Å². The van der Waals surface area contributed by atoms with Crippen LogP contribution in [0.4, 0.5) is 0 Å². The Morgan fingerprint density at radius 2 is 1.29 bits per heavy atom. The molecule has 5 nitrogen and oxygen atoms in total. The van der Waals surface area contributed by atoms with Crippen molar-refractivity contribution >= 4 is 42.7 Å². The molecule has 1 aromatic heterocycles. The van der Waals surface area contributed by atoms with Crippen LogP contribution in [0, 0.1) is 0 Å². The number of benzene rings is 4. The highest BCUT2D eigenvalue weighted by molar-refractivity contribution is 7.85. The fourth-order valence-electron chi connectivity index (χ4n) is 4.05. The van der Waals surface area contributed by atoms with E-state index >= 15 is 0 Å². The number of hydrogen-bond donors (Lipinski definition) is 1. The molecule has 0 saturated carbocycles. The fourth-order valence-corrected chi connectivity index (χ4v) is 4.59. The molecular weight excluding hydrogens is 372 g/mol. The Labute approximate surface area is 160 Å². The molecule has 0 aliphatic heterocycles. The molecule has 6 heteroatoms. The molecule has 1 aliphatic carbocycles. The summed E-state index contributed by atoms with van der Waals surface area (Å²) >= 11 is 0. The Balaban J connectivity index is 1.76. The molecule has 1 aliphatic rings. The topological polar surface area (TPSA) is 80.2 Å². The van der Waals surface area contributed by atoms with Crippen LogP contribution < -0.4 is 0 Å². The first-order valence-corrected chi connectivity index (χ1v) is 10.2. The lowest BCUT2D eigenvalue weighted by molar-refractivity contribution is 0.483. The van der Waals surface area contributed by atoms with Gasteiger partial charge in [0.25, 0.3) is 10.1 Å². The van der Waals surface area contributed by atoms with Crippen LogP contribution in [-0.2, 0) is 10.1 Å². The third-order valence-corrected chi connectivity index (χ3v) is 6.12. The van der Waals surface area contributed by atoms with Gasteiger partial charge in [-0.1, -0.05) is 42.5 Å². The maximum Gasteiger partial charge on any atom is 0.294 e. The van der Waals surface area contributed by atoms with Gasteiger partial charge in [-0.2, -0.15) is 8.42 Å². The molecule has 1 heterocycles. The van der Waals surface area contributed by atoms with Crippen LogP contribution in [0.1, 0.15) is 0 Å². The Morgan fingerprint density at radius 1 is 0.679 bits per heavy atom. The summed E-state index contributed by atoms with van der Waals surface area (Å²) in [5.74, 6) is 0. The second-order valence-electron chi connectivity index (χ2n) is 6.96. The van der Waals surface area contributed by atoms with Crippen LogP contribution in [0.2, 0.25) is 0 Å². The van der Waals surface area contributed by atoms with Crippen molar-refractivity contribution in [1.82, 2.24) is 9.97 Å². The van der Waals surface area contributed by atoms with E-state index in [1.165, 1.54) is 12.1 Å². The summed E-state index contributed by atoms with van der Waals surface area (Å²) in [6.07, 6.45) is 0. The zero-order valence-corrected chi connectivity index (χ0v) is 15.2. The largest absolute Gasteiger partial charge is 0.294 e. The third kappa shape index (κ3) is 2.07. The normalized spacial score (nSPS) is 12.8. The second-order valence-corrected chi connectivity index (χ2v) is 8.38. The van der Waals surface area contributed by atoms with Crippen molar-refractivity contribution in [3.8, 4) is 22.5 Å². The van der Waals surface area contributed by atoms with E-state index in [4.69, 9.17) is 9.97 Å². The molecule has 0 fully saturated rings. The maximum absolute atomic E-state index is 11.8. The van der Waals surface area contributed by atoms with Gasteiger partial charge in [-0.3, -0.25) is 4.55 Å². The van der Waals surface area contributed by atoms with Crippen LogP contribution in [0.15, 0.2) is 71.6 Å². The van der Waals surface area contributed by atoms with Gasteiger partial charge in [0.05, 0.1) is 27.3 Å². The molecule has 0 bridgehead atoms. The zero-order chi connectivity index (χ0) is 19.0. The van der Waals surface area contributed by atoms with E-state index in [0.29, 0.717) is 11.3 Å². The molecule has 0 spiro atoms. The molecule has 134 valence electrons. The standard InChI is InChI=1S/C22H12N2O3S/c25-28(26,27)15-8-14-6-3-7-16-20(14)17(11-15)22-21(16)23-18-9-12-4-1-2-5-13(12)10-19(18)24-22/h1-11H,(H,25,26,27). The van der Waals surface area contributed by atoms with Crippen LogP contribution >= 0.6 is 0 Å². The third-order valence-electron chi connectivity index (χ3n) is 5.29. The highest BCUT2D eigenvalue weighted by Gasteiger charge is 2.27. The second kappa shape index (κ2) is 5.13. The molecule has 5 aromatic rings. The minimum absolute atomic E-state index is 0.139. The summed E-state index contributed by atoms with van der Waals surface area (Å²) in [7, 11) is -4.33. The summed E-state index contributed by atoms with van der Waals surface area (Å²) in [5.41, 5.74) is 4.51. The summed E-state index contributed by atoms with van der Waals surface area (Å²) in [5, 5.41) is 3.80. The highest BCUT2D eigenvalue weighted by atomic mass is 32.2. The summed E-state index contributed by atoms with van der Waals surface area (Å²) in [4.78, 5) is 9.55. The van der Waals surface area contributed by atoms with Gasteiger partial charge < -0.3 is 0 Å². The minimum atomic E-state index is -4.33. The lowest BCUT2D eigenvalue weighted by Gasteiger charge is -2.06.